The summed E-state index contributed by atoms with van der Waals surface area (Å²) in [6.07, 6.45) is 1.11. The van der Waals surface area contributed by atoms with Crippen molar-refractivity contribution in [2.75, 3.05) is 11.9 Å². The summed E-state index contributed by atoms with van der Waals surface area (Å²) in [5, 5.41) is 14.9. The molecule has 0 radical (unpaired) electrons. The van der Waals surface area contributed by atoms with Gasteiger partial charge >= 0.3 is 11.8 Å². The highest BCUT2D eigenvalue weighted by atomic mass is 16.3. The summed E-state index contributed by atoms with van der Waals surface area (Å²) >= 11 is 0. The van der Waals surface area contributed by atoms with E-state index >= 15 is 0 Å². The Labute approximate surface area is 109 Å². The third-order valence-corrected chi connectivity index (χ3v) is 2.58. The fraction of sp³-hybridized carbons (Fsp3) is 0.231. The Morgan fingerprint density at radius 3 is 2.84 bits per heavy atom. The molecule has 1 heterocycles. The lowest BCUT2D eigenvalue weighted by Crippen LogP contribution is -2.38. The van der Waals surface area contributed by atoms with Gasteiger partial charge in [0.25, 0.3) is 0 Å². The van der Waals surface area contributed by atoms with Gasteiger partial charge in [-0.05, 0) is 30.5 Å². The summed E-state index contributed by atoms with van der Waals surface area (Å²) in [4.78, 5) is 26.0. The first-order chi connectivity index (χ1) is 9.06. The van der Waals surface area contributed by atoms with E-state index in [1.54, 1.807) is 18.3 Å². The Kier molecular flexibility index (Phi) is 3.82. The van der Waals surface area contributed by atoms with Crippen LogP contribution in [0.25, 0.3) is 10.9 Å². The number of nitrogens with one attached hydrogen (secondary N) is 3. The van der Waals surface area contributed by atoms with Gasteiger partial charge in [-0.3, -0.25) is 9.59 Å². The number of fused-ring (bicyclic) bond motifs is 1. The maximum absolute atomic E-state index is 11.6. The van der Waals surface area contributed by atoms with Gasteiger partial charge in [-0.25, -0.2) is 0 Å². The van der Waals surface area contributed by atoms with Crippen molar-refractivity contribution in [3.05, 3.63) is 30.5 Å². The van der Waals surface area contributed by atoms with Gasteiger partial charge in [-0.2, -0.15) is 0 Å². The fourth-order valence-corrected chi connectivity index (χ4v) is 1.63. The average Bonchev–Trinajstić information content (AvgIpc) is 2.83. The normalized spacial score (nSPS) is 12.1. The van der Waals surface area contributed by atoms with E-state index < -0.39 is 17.9 Å². The number of carbonyl (C=O) groups is 2. The van der Waals surface area contributed by atoms with Crippen molar-refractivity contribution in [1.29, 1.82) is 0 Å². The molecule has 0 aliphatic carbocycles. The number of carbonyl (C=O) groups excluding carboxylic acids is 2. The first kappa shape index (κ1) is 13.1. The van der Waals surface area contributed by atoms with E-state index in [9.17, 15) is 9.59 Å². The van der Waals surface area contributed by atoms with E-state index in [0.717, 1.165) is 10.9 Å². The number of anilines is 1. The Bertz CT molecular complexity index is 604. The van der Waals surface area contributed by atoms with Crippen LogP contribution >= 0.6 is 0 Å². The van der Waals surface area contributed by atoms with Crippen molar-refractivity contribution in [3.8, 4) is 0 Å². The molecule has 0 fully saturated rings. The van der Waals surface area contributed by atoms with Crippen molar-refractivity contribution in [1.82, 2.24) is 10.3 Å². The van der Waals surface area contributed by atoms with Crippen molar-refractivity contribution in [2.24, 2.45) is 0 Å². The van der Waals surface area contributed by atoms with E-state index in [2.05, 4.69) is 15.6 Å². The molecule has 0 spiro atoms. The van der Waals surface area contributed by atoms with Crippen molar-refractivity contribution >= 4 is 28.4 Å². The standard InChI is InChI=1S/C13H15N3O3/c1-8(17)7-15-12(18)13(19)16-10-3-2-9-4-5-14-11(9)6-10/h2-6,8,14,17H,7H2,1H3,(H,15,18)(H,16,19). The van der Waals surface area contributed by atoms with Gasteiger partial charge in [0.2, 0.25) is 0 Å². The molecule has 19 heavy (non-hydrogen) atoms. The molecule has 0 saturated carbocycles. The van der Waals surface area contributed by atoms with E-state index in [4.69, 9.17) is 5.11 Å². The van der Waals surface area contributed by atoms with Crippen LogP contribution in [0.2, 0.25) is 0 Å². The summed E-state index contributed by atoms with van der Waals surface area (Å²) in [6.45, 7) is 1.57. The first-order valence-electron chi connectivity index (χ1n) is 5.90. The van der Waals surface area contributed by atoms with Crippen LogP contribution in [-0.4, -0.2) is 34.6 Å². The number of rotatable bonds is 3. The molecular weight excluding hydrogens is 246 g/mol. The van der Waals surface area contributed by atoms with Gasteiger partial charge < -0.3 is 20.7 Å². The molecule has 100 valence electrons. The van der Waals surface area contributed by atoms with Gasteiger partial charge in [0.1, 0.15) is 0 Å². The predicted molar refractivity (Wildman–Crippen MR) is 71.6 cm³/mol. The minimum atomic E-state index is -0.771. The number of hydrogen-bond acceptors (Lipinski definition) is 3. The summed E-state index contributed by atoms with van der Waals surface area (Å²) in [7, 11) is 0. The van der Waals surface area contributed by atoms with Crippen molar-refractivity contribution in [2.45, 2.75) is 13.0 Å². The molecule has 2 amide bonds. The SMILES string of the molecule is CC(O)CNC(=O)C(=O)Nc1ccc2cc[nH]c2c1. The van der Waals surface area contributed by atoms with Gasteiger partial charge in [-0.1, -0.05) is 6.07 Å². The second kappa shape index (κ2) is 5.53. The van der Waals surface area contributed by atoms with Crippen LogP contribution in [-0.2, 0) is 9.59 Å². The smallest absolute Gasteiger partial charge is 0.313 e. The van der Waals surface area contributed by atoms with E-state index in [-0.39, 0.29) is 6.54 Å². The van der Waals surface area contributed by atoms with Crippen molar-refractivity contribution < 1.29 is 14.7 Å². The summed E-state index contributed by atoms with van der Waals surface area (Å²) in [6, 6.07) is 7.22. The Morgan fingerprint density at radius 2 is 2.11 bits per heavy atom. The molecule has 1 aromatic carbocycles. The number of aromatic amines is 1. The molecule has 1 unspecified atom stereocenters. The molecule has 0 aliphatic rings. The van der Waals surface area contributed by atoms with Gasteiger partial charge in [-0.15, -0.1) is 0 Å². The molecule has 6 nitrogen and oxygen atoms in total. The van der Waals surface area contributed by atoms with E-state index in [1.807, 2.05) is 12.1 Å². The van der Waals surface area contributed by atoms with Crippen LogP contribution in [0.5, 0.6) is 0 Å². The minimum absolute atomic E-state index is 0.0436. The first-order valence-corrected chi connectivity index (χ1v) is 5.90. The quantitative estimate of drug-likeness (QED) is 0.609. The monoisotopic (exact) mass is 261 g/mol. The highest BCUT2D eigenvalue weighted by Gasteiger charge is 2.14. The maximum Gasteiger partial charge on any atom is 0.313 e. The largest absolute Gasteiger partial charge is 0.392 e. The summed E-state index contributed by atoms with van der Waals surface area (Å²) in [5.41, 5.74) is 1.41. The topological polar surface area (TPSA) is 94.2 Å². The van der Waals surface area contributed by atoms with Gasteiger partial charge in [0, 0.05) is 23.9 Å². The Hall–Kier alpha value is -2.34. The van der Waals surface area contributed by atoms with E-state index in [0.29, 0.717) is 5.69 Å². The lowest BCUT2D eigenvalue weighted by atomic mass is 10.2. The average molecular weight is 261 g/mol. The highest BCUT2D eigenvalue weighted by molar-refractivity contribution is 6.39. The number of benzene rings is 1. The highest BCUT2D eigenvalue weighted by Crippen LogP contribution is 2.17. The number of hydrogen-bond donors (Lipinski definition) is 4. The summed E-state index contributed by atoms with van der Waals surface area (Å²) < 4.78 is 0. The third kappa shape index (κ3) is 3.32. The second-order valence-corrected chi connectivity index (χ2v) is 4.29. The molecular formula is C13H15N3O3. The number of H-pyrrole nitrogens is 1. The minimum Gasteiger partial charge on any atom is -0.392 e. The Morgan fingerprint density at radius 1 is 1.32 bits per heavy atom. The van der Waals surface area contributed by atoms with Crippen LogP contribution in [0.4, 0.5) is 5.69 Å². The number of aromatic nitrogens is 1. The summed E-state index contributed by atoms with van der Waals surface area (Å²) in [5.74, 6) is -1.53. The van der Waals surface area contributed by atoms with Crippen LogP contribution < -0.4 is 10.6 Å². The fourth-order valence-electron chi connectivity index (χ4n) is 1.63. The molecule has 2 rings (SSSR count). The van der Waals surface area contributed by atoms with Gasteiger partial charge in [0.15, 0.2) is 0 Å². The van der Waals surface area contributed by atoms with Crippen LogP contribution in [0.15, 0.2) is 30.5 Å². The lowest BCUT2D eigenvalue weighted by molar-refractivity contribution is -0.136. The molecule has 2 aromatic rings. The molecule has 0 bridgehead atoms. The maximum atomic E-state index is 11.6. The zero-order valence-electron chi connectivity index (χ0n) is 10.4. The lowest BCUT2D eigenvalue weighted by Gasteiger charge is -2.07. The zero-order valence-corrected chi connectivity index (χ0v) is 10.4. The number of amides is 2. The Balaban J connectivity index is 1.99. The molecule has 0 saturated heterocycles. The van der Waals surface area contributed by atoms with Gasteiger partial charge in [0.05, 0.1) is 6.10 Å². The van der Waals surface area contributed by atoms with Crippen LogP contribution in [0.3, 0.4) is 0 Å². The molecule has 6 heteroatoms. The predicted octanol–water partition coefficient (Wildman–Crippen LogP) is 0.603. The molecule has 1 aromatic heterocycles. The van der Waals surface area contributed by atoms with E-state index in [1.165, 1.54) is 6.92 Å². The number of aliphatic hydroxyl groups excluding tert-OH is 1. The molecule has 4 N–H and O–H groups in total. The molecule has 1 atom stereocenters. The van der Waals surface area contributed by atoms with Crippen molar-refractivity contribution in [3.63, 3.8) is 0 Å². The third-order valence-electron chi connectivity index (χ3n) is 2.58. The van der Waals surface area contributed by atoms with Crippen LogP contribution in [0.1, 0.15) is 6.92 Å². The second-order valence-electron chi connectivity index (χ2n) is 4.29. The number of aliphatic hydroxyl groups is 1. The van der Waals surface area contributed by atoms with Crippen LogP contribution in [0, 0.1) is 0 Å². The molecule has 0 aliphatic heterocycles. The zero-order chi connectivity index (χ0) is 13.8.